The number of nitrogens with zero attached hydrogens (tertiary/aromatic N) is 2. The lowest BCUT2D eigenvalue weighted by molar-refractivity contribution is 0.243. The Bertz CT molecular complexity index is 332. The Morgan fingerprint density at radius 3 is 3.00 bits per heavy atom. The topological polar surface area (TPSA) is 43.8 Å². The fourth-order valence-electron chi connectivity index (χ4n) is 2.84. The third kappa shape index (κ3) is 2.64. The third-order valence-corrected chi connectivity index (χ3v) is 3.92. The molecule has 3 heteroatoms. The molecule has 2 N–H and O–H groups in total. The van der Waals surface area contributed by atoms with Crippen LogP contribution >= 0.6 is 0 Å². The molecule has 1 aromatic heterocycles. The van der Waals surface area contributed by atoms with Crippen molar-refractivity contribution in [3.63, 3.8) is 0 Å². The summed E-state index contributed by atoms with van der Waals surface area (Å²) in [6, 6.07) is 0.281. The maximum atomic E-state index is 6.32. The van der Waals surface area contributed by atoms with Crippen molar-refractivity contribution in [3.05, 3.63) is 18.2 Å². The molecule has 1 heterocycles. The summed E-state index contributed by atoms with van der Waals surface area (Å²) in [5.74, 6) is 2.66. The van der Waals surface area contributed by atoms with Gasteiger partial charge in [-0.25, -0.2) is 4.98 Å². The molecule has 1 aliphatic rings. The number of imidazole rings is 1. The smallest absolute Gasteiger partial charge is 0.109 e. The third-order valence-electron chi connectivity index (χ3n) is 3.92. The van der Waals surface area contributed by atoms with Crippen LogP contribution in [0.4, 0.5) is 0 Å². The molecule has 0 spiro atoms. The molecular formula is C13H23N3. The Morgan fingerprint density at radius 2 is 2.38 bits per heavy atom. The van der Waals surface area contributed by atoms with Gasteiger partial charge >= 0.3 is 0 Å². The molecule has 0 aliphatic heterocycles. The summed E-state index contributed by atoms with van der Waals surface area (Å²) in [4.78, 5) is 4.35. The molecule has 3 unspecified atom stereocenters. The largest absolute Gasteiger partial charge is 0.338 e. The number of hydrogen-bond acceptors (Lipinski definition) is 2. The van der Waals surface area contributed by atoms with Gasteiger partial charge in [-0.15, -0.1) is 0 Å². The first-order valence-corrected chi connectivity index (χ1v) is 6.38. The first kappa shape index (κ1) is 11.6. The molecule has 16 heavy (non-hydrogen) atoms. The van der Waals surface area contributed by atoms with Crippen molar-refractivity contribution < 1.29 is 0 Å². The zero-order chi connectivity index (χ0) is 11.5. The molecule has 0 bridgehead atoms. The van der Waals surface area contributed by atoms with E-state index < -0.39 is 0 Å². The highest BCUT2D eigenvalue weighted by Crippen LogP contribution is 2.30. The Labute approximate surface area is 98.1 Å². The van der Waals surface area contributed by atoms with Crippen LogP contribution in [0.3, 0.4) is 0 Å². The van der Waals surface area contributed by atoms with Crippen molar-refractivity contribution in [1.29, 1.82) is 0 Å². The molecule has 1 fully saturated rings. The van der Waals surface area contributed by atoms with Gasteiger partial charge in [0, 0.05) is 31.9 Å². The molecular weight excluding hydrogens is 198 g/mol. The number of rotatable bonds is 3. The van der Waals surface area contributed by atoms with Crippen LogP contribution < -0.4 is 5.73 Å². The van der Waals surface area contributed by atoms with Crippen LogP contribution in [0.1, 0.15) is 38.4 Å². The van der Waals surface area contributed by atoms with Gasteiger partial charge in [0.1, 0.15) is 5.82 Å². The van der Waals surface area contributed by atoms with Gasteiger partial charge in [0.05, 0.1) is 0 Å². The molecule has 1 aliphatic carbocycles. The number of nitrogens with two attached hydrogens (primary N) is 1. The molecule has 3 nitrogen and oxygen atoms in total. The van der Waals surface area contributed by atoms with Crippen LogP contribution in [0.25, 0.3) is 0 Å². The van der Waals surface area contributed by atoms with E-state index in [-0.39, 0.29) is 6.04 Å². The first-order chi connectivity index (χ1) is 7.66. The molecule has 1 saturated carbocycles. The number of aryl methyl sites for hydroxylation is 1. The summed E-state index contributed by atoms with van der Waals surface area (Å²) in [6.07, 6.45) is 10.1. The second kappa shape index (κ2) is 5.00. The number of hydrogen-bond donors (Lipinski definition) is 1. The van der Waals surface area contributed by atoms with E-state index in [0.717, 1.165) is 18.2 Å². The zero-order valence-electron chi connectivity index (χ0n) is 10.4. The minimum Gasteiger partial charge on any atom is -0.338 e. The van der Waals surface area contributed by atoms with Gasteiger partial charge < -0.3 is 10.3 Å². The van der Waals surface area contributed by atoms with Gasteiger partial charge in [0.2, 0.25) is 0 Å². The Balaban J connectivity index is 1.92. The van der Waals surface area contributed by atoms with Gasteiger partial charge in [0.25, 0.3) is 0 Å². The van der Waals surface area contributed by atoms with Crippen LogP contribution in [0.2, 0.25) is 0 Å². The normalized spacial score (nSPS) is 27.9. The molecule has 1 aromatic rings. The summed E-state index contributed by atoms with van der Waals surface area (Å²) < 4.78 is 2.08. The fourth-order valence-corrected chi connectivity index (χ4v) is 2.84. The van der Waals surface area contributed by atoms with E-state index in [1.54, 1.807) is 0 Å². The Morgan fingerprint density at radius 1 is 1.56 bits per heavy atom. The molecule has 0 amide bonds. The van der Waals surface area contributed by atoms with E-state index in [4.69, 9.17) is 5.73 Å². The van der Waals surface area contributed by atoms with E-state index in [1.807, 2.05) is 19.4 Å². The average molecular weight is 221 g/mol. The SMILES string of the molecule is CC1CCCC(C(N)Cc2nccn2C)C1. The lowest BCUT2D eigenvalue weighted by Gasteiger charge is -2.31. The van der Waals surface area contributed by atoms with Gasteiger partial charge in [-0.1, -0.05) is 19.8 Å². The van der Waals surface area contributed by atoms with Crippen molar-refractivity contribution in [2.75, 3.05) is 0 Å². The van der Waals surface area contributed by atoms with Crippen LogP contribution in [0, 0.1) is 11.8 Å². The van der Waals surface area contributed by atoms with Crippen molar-refractivity contribution in [2.24, 2.45) is 24.6 Å². The highest BCUT2D eigenvalue weighted by atomic mass is 15.0. The lowest BCUT2D eigenvalue weighted by Crippen LogP contribution is -2.35. The van der Waals surface area contributed by atoms with Crippen molar-refractivity contribution >= 4 is 0 Å². The molecule has 2 rings (SSSR count). The van der Waals surface area contributed by atoms with Crippen LogP contribution in [-0.4, -0.2) is 15.6 Å². The summed E-state index contributed by atoms with van der Waals surface area (Å²) in [6.45, 7) is 2.35. The molecule has 3 atom stereocenters. The maximum absolute atomic E-state index is 6.32. The first-order valence-electron chi connectivity index (χ1n) is 6.38. The predicted molar refractivity (Wildman–Crippen MR) is 66.0 cm³/mol. The zero-order valence-corrected chi connectivity index (χ0v) is 10.4. The second-order valence-electron chi connectivity index (χ2n) is 5.35. The minimum atomic E-state index is 0.281. The molecule has 90 valence electrons. The van der Waals surface area contributed by atoms with Crippen molar-refractivity contribution in [1.82, 2.24) is 9.55 Å². The van der Waals surface area contributed by atoms with Crippen LogP contribution in [0.5, 0.6) is 0 Å². The summed E-state index contributed by atoms with van der Waals surface area (Å²) >= 11 is 0. The van der Waals surface area contributed by atoms with Crippen LogP contribution in [-0.2, 0) is 13.5 Å². The van der Waals surface area contributed by atoms with E-state index in [1.165, 1.54) is 25.7 Å². The van der Waals surface area contributed by atoms with E-state index in [2.05, 4.69) is 16.5 Å². The van der Waals surface area contributed by atoms with E-state index >= 15 is 0 Å². The second-order valence-corrected chi connectivity index (χ2v) is 5.35. The predicted octanol–water partition coefficient (Wildman–Crippen LogP) is 2.12. The average Bonchev–Trinajstić information content (AvgIpc) is 2.64. The lowest BCUT2D eigenvalue weighted by atomic mass is 9.78. The van der Waals surface area contributed by atoms with Crippen molar-refractivity contribution in [3.8, 4) is 0 Å². The van der Waals surface area contributed by atoms with Crippen LogP contribution in [0.15, 0.2) is 12.4 Å². The maximum Gasteiger partial charge on any atom is 0.109 e. The highest BCUT2D eigenvalue weighted by Gasteiger charge is 2.25. The minimum absolute atomic E-state index is 0.281. The van der Waals surface area contributed by atoms with Gasteiger partial charge in [-0.3, -0.25) is 0 Å². The standard InChI is InChI=1S/C13H23N3/c1-10-4-3-5-11(8-10)12(14)9-13-15-6-7-16(13)2/h6-7,10-12H,3-5,8-9,14H2,1-2H3. The summed E-state index contributed by atoms with van der Waals surface area (Å²) in [5.41, 5.74) is 6.32. The Kier molecular flexibility index (Phi) is 3.64. The fraction of sp³-hybridized carbons (Fsp3) is 0.769. The Hall–Kier alpha value is -0.830. The van der Waals surface area contributed by atoms with E-state index in [9.17, 15) is 0 Å². The van der Waals surface area contributed by atoms with Gasteiger partial charge in [-0.05, 0) is 24.7 Å². The monoisotopic (exact) mass is 221 g/mol. The molecule has 0 saturated heterocycles. The quantitative estimate of drug-likeness (QED) is 0.849. The highest BCUT2D eigenvalue weighted by molar-refractivity contribution is 4.95. The molecule has 0 radical (unpaired) electrons. The summed E-state index contributed by atoms with van der Waals surface area (Å²) in [7, 11) is 2.04. The summed E-state index contributed by atoms with van der Waals surface area (Å²) in [5, 5.41) is 0. The molecule has 0 aromatic carbocycles. The van der Waals surface area contributed by atoms with Gasteiger partial charge in [-0.2, -0.15) is 0 Å². The van der Waals surface area contributed by atoms with Crippen molar-refractivity contribution in [2.45, 2.75) is 45.1 Å². The van der Waals surface area contributed by atoms with Gasteiger partial charge in [0.15, 0.2) is 0 Å². The number of aromatic nitrogens is 2. The van der Waals surface area contributed by atoms with E-state index in [0.29, 0.717) is 5.92 Å².